The molecule has 2 N–H and O–H groups in total. The first kappa shape index (κ1) is 44.8. The number of nitro groups is 2. The molecule has 10 nitrogen and oxygen atoms in total. The van der Waals surface area contributed by atoms with Crippen molar-refractivity contribution < 1.29 is 29.6 Å². The van der Waals surface area contributed by atoms with Gasteiger partial charge in [0.25, 0.3) is 0 Å². The van der Waals surface area contributed by atoms with Crippen LogP contribution in [0.2, 0.25) is 0 Å². The summed E-state index contributed by atoms with van der Waals surface area (Å²) in [6.45, 7) is 0.179. The topological polar surface area (TPSA) is 161 Å². The number of hydrogen-bond acceptors (Lipinski definition) is 6. The first-order valence-corrected chi connectivity index (χ1v) is 17.5. The third-order valence-corrected chi connectivity index (χ3v) is 7.16. The SMILES string of the molecule is O=C(O)CCCCCCC/C=C\C/C=C\CCCCC[N+](=O)[O-].O=C(O)CCCCCCCC=CCC=CCCCCC[N+](=O)[O-]. The molecular weight excluding hydrogens is 588 g/mol. The van der Waals surface area contributed by atoms with Crippen molar-refractivity contribution in [3.63, 3.8) is 0 Å². The van der Waals surface area contributed by atoms with Gasteiger partial charge in [-0.05, 0) is 89.9 Å². The minimum absolute atomic E-state index is 0.0893. The molecule has 0 amide bonds. The van der Waals surface area contributed by atoms with Gasteiger partial charge in [0, 0.05) is 35.5 Å². The predicted molar refractivity (Wildman–Crippen MR) is 186 cm³/mol. The highest BCUT2D eigenvalue weighted by atomic mass is 16.6. The number of nitrogens with zero attached hydrogens (tertiary/aromatic N) is 2. The Kier molecular flexibility index (Phi) is 36.9. The summed E-state index contributed by atoms with van der Waals surface area (Å²) in [5.41, 5.74) is 0. The highest BCUT2D eigenvalue weighted by Crippen LogP contribution is 2.09. The fourth-order valence-electron chi connectivity index (χ4n) is 4.51. The number of hydrogen-bond donors (Lipinski definition) is 2. The molecule has 46 heavy (non-hydrogen) atoms. The summed E-state index contributed by atoms with van der Waals surface area (Å²) < 4.78 is 0. The molecule has 0 saturated carbocycles. The molecule has 264 valence electrons. The Morgan fingerprint density at radius 2 is 0.674 bits per heavy atom. The van der Waals surface area contributed by atoms with E-state index in [1.807, 2.05) is 0 Å². The molecule has 0 bridgehead atoms. The van der Waals surface area contributed by atoms with E-state index < -0.39 is 11.9 Å². The van der Waals surface area contributed by atoms with Crippen LogP contribution < -0.4 is 0 Å². The van der Waals surface area contributed by atoms with Crippen molar-refractivity contribution >= 4 is 11.9 Å². The lowest BCUT2D eigenvalue weighted by Gasteiger charge is -1.98. The van der Waals surface area contributed by atoms with Crippen LogP contribution in [-0.4, -0.2) is 45.1 Å². The Balaban J connectivity index is 0. The van der Waals surface area contributed by atoms with Gasteiger partial charge in [0.15, 0.2) is 0 Å². The average Bonchev–Trinajstić information content (AvgIpc) is 3.00. The van der Waals surface area contributed by atoms with Crippen molar-refractivity contribution in [2.24, 2.45) is 0 Å². The summed E-state index contributed by atoms with van der Waals surface area (Å²) in [6, 6.07) is 0. The van der Waals surface area contributed by atoms with Gasteiger partial charge in [-0.3, -0.25) is 29.8 Å². The third-order valence-electron chi connectivity index (χ3n) is 7.16. The summed E-state index contributed by atoms with van der Waals surface area (Å²) in [4.78, 5) is 40.4. The summed E-state index contributed by atoms with van der Waals surface area (Å²) >= 11 is 0. The average molecular weight is 651 g/mol. The van der Waals surface area contributed by atoms with Crippen molar-refractivity contribution in [2.45, 2.75) is 154 Å². The van der Waals surface area contributed by atoms with Gasteiger partial charge in [0.2, 0.25) is 13.1 Å². The first-order valence-electron chi connectivity index (χ1n) is 17.5. The number of rotatable bonds is 32. The third kappa shape index (κ3) is 47.6. The molecule has 0 aromatic heterocycles. The van der Waals surface area contributed by atoms with Gasteiger partial charge in [0.05, 0.1) is 0 Å². The molecule has 0 unspecified atom stereocenters. The molecule has 0 rings (SSSR count). The maximum atomic E-state index is 10.3. The second-order valence-corrected chi connectivity index (χ2v) is 11.6. The van der Waals surface area contributed by atoms with Gasteiger partial charge < -0.3 is 10.2 Å². The number of carboxylic acids is 2. The number of carbonyl (C=O) groups is 2. The van der Waals surface area contributed by atoms with E-state index in [2.05, 4.69) is 48.6 Å². The van der Waals surface area contributed by atoms with Crippen LogP contribution in [0, 0.1) is 20.2 Å². The number of carboxylic acid groups (broad SMARTS) is 2. The zero-order valence-corrected chi connectivity index (χ0v) is 28.2. The van der Waals surface area contributed by atoms with Crippen LogP contribution in [0.5, 0.6) is 0 Å². The Hall–Kier alpha value is -3.30. The van der Waals surface area contributed by atoms with Crippen molar-refractivity contribution in [1.29, 1.82) is 0 Å². The van der Waals surface area contributed by atoms with Gasteiger partial charge in [-0.2, -0.15) is 0 Å². The minimum Gasteiger partial charge on any atom is -0.481 e. The lowest BCUT2D eigenvalue weighted by atomic mass is 10.1. The number of aliphatic carboxylic acids is 2. The summed E-state index contributed by atoms with van der Waals surface area (Å²) in [5.74, 6) is -1.39. The van der Waals surface area contributed by atoms with Crippen molar-refractivity contribution in [3.8, 4) is 0 Å². The summed E-state index contributed by atoms with van der Waals surface area (Å²) in [7, 11) is 0. The summed E-state index contributed by atoms with van der Waals surface area (Å²) in [6.07, 6.45) is 39.8. The highest BCUT2D eigenvalue weighted by molar-refractivity contribution is 5.66. The van der Waals surface area contributed by atoms with Crippen LogP contribution in [0.4, 0.5) is 0 Å². The Labute approximate surface area is 277 Å². The molecule has 0 aliphatic rings. The van der Waals surface area contributed by atoms with Crippen molar-refractivity contribution in [2.75, 3.05) is 13.1 Å². The van der Waals surface area contributed by atoms with Crippen LogP contribution in [0.25, 0.3) is 0 Å². The highest BCUT2D eigenvalue weighted by Gasteiger charge is 1.98. The van der Waals surface area contributed by atoms with Crippen LogP contribution in [0.1, 0.15) is 154 Å². The molecular formula is C36H62N2O8. The molecule has 0 aromatic rings. The van der Waals surface area contributed by atoms with E-state index in [1.54, 1.807) is 0 Å². The van der Waals surface area contributed by atoms with E-state index in [9.17, 15) is 29.8 Å². The first-order chi connectivity index (χ1) is 22.3. The molecule has 0 saturated heterocycles. The predicted octanol–water partition coefficient (Wildman–Crippen LogP) is 10.3. The van der Waals surface area contributed by atoms with Gasteiger partial charge in [0.1, 0.15) is 0 Å². The standard InChI is InChI=1S/2C18H31NO4/c2*20-18(21)16-14-12-10-8-6-4-2-1-3-5-7-9-11-13-15-17-19(22)23/h2*1-2,5,7H,3-4,6,8-17H2,(H,20,21)/b2-1-,7-5-;. The molecule has 0 aromatic carbocycles. The second-order valence-electron chi connectivity index (χ2n) is 11.6. The van der Waals surface area contributed by atoms with Crippen LogP contribution >= 0.6 is 0 Å². The molecule has 0 atom stereocenters. The van der Waals surface area contributed by atoms with E-state index in [0.717, 1.165) is 103 Å². The maximum absolute atomic E-state index is 10.3. The van der Waals surface area contributed by atoms with E-state index in [4.69, 9.17) is 10.2 Å². The van der Waals surface area contributed by atoms with Gasteiger partial charge in [-0.15, -0.1) is 0 Å². The molecule has 0 aliphatic carbocycles. The van der Waals surface area contributed by atoms with Crippen LogP contribution in [0.3, 0.4) is 0 Å². The van der Waals surface area contributed by atoms with Crippen LogP contribution in [-0.2, 0) is 9.59 Å². The monoisotopic (exact) mass is 650 g/mol. The summed E-state index contributed by atoms with van der Waals surface area (Å²) in [5, 5.41) is 37.3. The van der Waals surface area contributed by atoms with E-state index >= 15 is 0 Å². The lowest BCUT2D eigenvalue weighted by molar-refractivity contribution is -0.480. The number of allylic oxidation sites excluding steroid dienone is 8. The molecule has 0 fully saturated rings. The largest absolute Gasteiger partial charge is 0.481 e. The fourth-order valence-corrected chi connectivity index (χ4v) is 4.51. The smallest absolute Gasteiger partial charge is 0.303 e. The quantitative estimate of drug-likeness (QED) is 0.0314. The van der Waals surface area contributed by atoms with E-state index in [1.165, 1.54) is 25.7 Å². The zero-order valence-electron chi connectivity index (χ0n) is 28.2. The minimum atomic E-state index is -0.697. The zero-order chi connectivity index (χ0) is 34.4. The Morgan fingerprint density at radius 1 is 0.413 bits per heavy atom. The molecule has 0 spiro atoms. The maximum Gasteiger partial charge on any atom is 0.303 e. The van der Waals surface area contributed by atoms with E-state index in [0.29, 0.717) is 25.7 Å². The van der Waals surface area contributed by atoms with Gasteiger partial charge >= 0.3 is 11.9 Å². The molecule has 0 heterocycles. The Bertz CT molecular complexity index is 798. The van der Waals surface area contributed by atoms with Crippen molar-refractivity contribution in [3.05, 3.63) is 68.8 Å². The molecule has 0 radical (unpaired) electrons. The van der Waals surface area contributed by atoms with Crippen molar-refractivity contribution in [1.82, 2.24) is 0 Å². The normalized spacial score (nSPS) is 11.5. The lowest BCUT2D eigenvalue weighted by Crippen LogP contribution is -1.99. The Morgan fingerprint density at radius 3 is 0.957 bits per heavy atom. The molecule has 0 aliphatic heterocycles. The molecule has 10 heteroatoms. The van der Waals surface area contributed by atoms with Gasteiger partial charge in [-0.25, -0.2) is 0 Å². The van der Waals surface area contributed by atoms with Crippen LogP contribution in [0.15, 0.2) is 48.6 Å². The second kappa shape index (κ2) is 37.9. The van der Waals surface area contributed by atoms with Gasteiger partial charge in [-0.1, -0.05) is 87.1 Å². The number of unbranched alkanes of at least 4 members (excludes halogenated alkanes) is 16. The van der Waals surface area contributed by atoms with E-state index in [-0.39, 0.29) is 22.9 Å². The fraction of sp³-hybridized carbons (Fsp3) is 0.722.